The maximum atomic E-state index is 13.8. The van der Waals surface area contributed by atoms with E-state index < -0.39 is 0 Å². The number of para-hydroxylation sites is 1. The topological polar surface area (TPSA) is 84.4 Å². The molecule has 1 amide bonds. The molecular formula is C20H19FN4O3S2. The Hall–Kier alpha value is -2.59. The number of aryl methyl sites for hydroxylation is 1. The molecule has 10 heteroatoms. The SMILES string of the molecule is CCOC(=O)C1CCc2sc(NC(=O)C3CN(c4nc5c(F)cccc5s4)C3)nc21. The van der Waals surface area contributed by atoms with Crippen LogP contribution in [0.5, 0.6) is 0 Å². The lowest BCUT2D eigenvalue weighted by molar-refractivity contribution is -0.145. The number of amides is 1. The van der Waals surface area contributed by atoms with Gasteiger partial charge in [-0.15, -0.1) is 11.3 Å². The predicted molar refractivity (Wildman–Crippen MR) is 114 cm³/mol. The highest BCUT2D eigenvalue weighted by Crippen LogP contribution is 2.39. The Balaban J connectivity index is 1.21. The van der Waals surface area contributed by atoms with Gasteiger partial charge >= 0.3 is 5.97 Å². The lowest BCUT2D eigenvalue weighted by Gasteiger charge is -2.37. The molecule has 3 heterocycles. The van der Waals surface area contributed by atoms with E-state index in [1.807, 2.05) is 11.0 Å². The molecule has 1 saturated heterocycles. The van der Waals surface area contributed by atoms with Crippen LogP contribution in [0.25, 0.3) is 10.2 Å². The Kier molecular flexibility index (Phi) is 4.90. The van der Waals surface area contributed by atoms with Crippen molar-refractivity contribution < 1.29 is 18.7 Å². The summed E-state index contributed by atoms with van der Waals surface area (Å²) in [5, 5.41) is 4.14. The van der Waals surface area contributed by atoms with Gasteiger partial charge in [0.05, 0.1) is 22.9 Å². The van der Waals surface area contributed by atoms with E-state index in [0.29, 0.717) is 36.8 Å². The molecule has 0 spiro atoms. The molecule has 1 aromatic carbocycles. The van der Waals surface area contributed by atoms with Gasteiger partial charge in [0.1, 0.15) is 17.3 Å². The van der Waals surface area contributed by atoms with Crippen LogP contribution in [0.4, 0.5) is 14.7 Å². The molecule has 7 nitrogen and oxygen atoms in total. The zero-order chi connectivity index (χ0) is 20.8. The van der Waals surface area contributed by atoms with Crippen molar-refractivity contribution in [2.75, 3.05) is 29.9 Å². The first-order valence-electron chi connectivity index (χ1n) is 9.80. The van der Waals surface area contributed by atoms with E-state index in [4.69, 9.17) is 4.74 Å². The van der Waals surface area contributed by atoms with E-state index >= 15 is 0 Å². The second kappa shape index (κ2) is 7.59. The van der Waals surface area contributed by atoms with Crippen molar-refractivity contribution >= 4 is 55.0 Å². The maximum Gasteiger partial charge on any atom is 0.315 e. The molecule has 1 fully saturated rings. The smallest absolute Gasteiger partial charge is 0.315 e. The molecule has 2 aliphatic rings. The molecule has 5 rings (SSSR count). The Morgan fingerprint density at radius 2 is 2.13 bits per heavy atom. The van der Waals surface area contributed by atoms with Gasteiger partial charge in [-0.3, -0.25) is 9.59 Å². The van der Waals surface area contributed by atoms with Crippen LogP contribution in [-0.4, -0.2) is 41.5 Å². The first-order chi connectivity index (χ1) is 14.5. The van der Waals surface area contributed by atoms with Crippen LogP contribution in [0.15, 0.2) is 18.2 Å². The number of carbonyl (C=O) groups excluding carboxylic acids is 2. The largest absolute Gasteiger partial charge is 0.465 e. The number of halogens is 1. The van der Waals surface area contributed by atoms with Crippen molar-refractivity contribution in [1.82, 2.24) is 9.97 Å². The molecular weight excluding hydrogens is 427 g/mol. The minimum Gasteiger partial charge on any atom is -0.465 e. The van der Waals surface area contributed by atoms with Crippen LogP contribution in [0, 0.1) is 11.7 Å². The van der Waals surface area contributed by atoms with E-state index in [-0.39, 0.29) is 29.5 Å². The van der Waals surface area contributed by atoms with Crippen molar-refractivity contribution in [2.24, 2.45) is 5.92 Å². The van der Waals surface area contributed by atoms with Gasteiger partial charge in [-0.1, -0.05) is 17.4 Å². The van der Waals surface area contributed by atoms with E-state index in [2.05, 4.69) is 15.3 Å². The van der Waals surface area contributed by atoms with Crippen molar-refractivity contribution in [1.29, 1.82) is 0 Å². The second-order valence-electron chi connectivity index (χ2n) is 7.34. The Morgan fingerprint density at radius 3 is 2.90 bits per heavy atom. The number of nitrogens with zero attached hydrogens (tertiary/aromatic N) is 3. The molecule has 0 saturated carbocycles. The first-order valence-corrected chi connectivity index (χ1v) is 11.4. The van der Waals surface area contributed by atoms with Crippen LogP contribution in [0.3, 0.4) is 0 Å². The molecule has 1 aliphatic carbocycles. The highest BCUT2D eigenvalue weighted by molar-refractivity contribution is 7.22. The zero-order valence-electron chi connectivity index (χ0n) is 16.2. The third-order valence-corrected chi connectivity index (χ3v) is 7.53. The molecule has 1 aliphatic heterocycles. The number of carbonyl (C=O) groups is 2. The van der Waals surface area contributed by atoms with Crippen LogP contribution in [0.2, 0.25) is 0 Å². The minimum atomic E-state index is -0.333. The molecule has 1 atom stereocenters. The lowest BCUT2D eigenvalue weighted by Crippen LogP contribution is -2.52. The fraction of sp³-hybridized carbons (Fsp3) is 0.400. The van der Waals surface area contributed by atoms with E-state index in [1.54, 1.807) is 13.0 Å². The quantitative estimate of drug-likeness (QED) is 0.604. The van der Waals surface area contributed by atoms with Gasteiger partial charge in [0.2, 0.25) is 5.91 Å². The maximum absolute atomic E-state index is 13.8. The summed E-state index contributed by atoms with van der Waals surface area (Å²) in [7, 11) is 0. The zero-order valence-corrected chi connectivity index (χ0v) is 17.8. The molecule has 2 aromatic heterocycles. The average Bonchev–Trinajstić information content (AvgIpc) is 3.35. The molecule has 1 N–H and O–H groups in total. The number of thiazole rings is 2. The number of ether oxygens (including phenoxy) is 1. The van der Waals surface area contributed by atoms with Gasteiger partial charge in [0, 0.05) is 18.0 Å². The molecule has 1 unspecified atom stereocenters. The summed E-state index contributed by atoms with van der Waals surface area (Å²) in [4.78, 5) is 36.6. The second-order valence-corrected chi connectivity index (χ2v) is 9.44. The van der Waals surface area contributed by atoms with Crippen molar-refractivity contribution in [3.05, 3.63) is 34.6 Å². The van der Waals surface area contributed by atoms with E-state index in [9.17, 15) is 14.0 Å². The number of anilines is 2. The normalized spacial score (nSPS) is 18.3. The van der Waals surface area contributed by atoms with Gasteiger partial charge < -0.3 is 15.0 Å². The fourth-order valence-corrected chi connectivity index (χ4v) is 5.84. The number of nitrogens with one attached hydrogen (secondary N) is 1. The van der Waals surface area contributed by atoms with Crippen molar-refractivity contribution in [3.63, 3.8) is 0 Å². The number of fused-ring (bicyclic) bond motifs is 2. The predicted octanol–water partition coefficient (Wildman–Crippen LogP) is 3.56. The van der Waals surface area contributed by atoms with Crippen LogP contribution in [-0.2, 0) is 20.7 Å². The monoisotopic (exact) mass is 446 g/mol. The number of aromatic nitrogens is 2. The first kappa shape index (κ1) is 19.4. The highest BCUT2D eigenvalue weighted by Gasteiger charge is 2.37. The Labute approximate surface area is 179 Å². The summed E-state index contributed by atoms with van der Waals surface area (Å²) in [6.45, 7) is 3.19. The van der Waals surface area contributed by atoms with E-state index in [0.717, 1.165) is 26.8 Å². The third kappa shape index (κ3) is 3.33. The Bertz CT molecular complexity index is 1140. The van der Waals surface area contributed by atoms with Gasteiger partial charge in [0.25, 0.3) is 0 Å². The van der Waals surface area contributed by atoms with Gasteiger partial charge in [-0.25, -0.2) is 14.4 Å². The molecule has 0 radical (unpaired) electrons. The summed E-state index contributed by atoms with van der Waals surface area (Å²) in [6, 6.07) is 4.91. The standard InChI is InChI=1S/C20H19FN4O3S2/c1-2-28-18(27)11-6-7-14-15(11)22-19(29-14)24-17(26)10-8-25(9-10)20-23-16-12(21)4-3-5-13(16)30-20/h3-5,10-11H,2,6-9H2,1H3,(H,22,24,26). The number of benzene rings is 1. The van der Waals surface area contributed by atoms with Crippen LogP contribution in [0.1, 0.15) is 29.8 Å². The van der Waals surface area contributed by atoms with Crippen LogP contribution >= 0.6 is 22.7 Å². The number of rotatable bonds is 5. The van der Waals surface area contributed by atoms with Crippen LogP contribution < -0.4 is 10.2 Å². The summed E-state index contributed by atoms with van der Waals surface area (Å²) < 4.78 is 19.8. The summed E-state index contributed by atoms with van der Waals surface area (Å²) >= 11 is 2.85. The number of hydrogen-bond acceptors (Lipinski definition) is 8. The number of hydrogen-bond donors (Lipinski definition) is 1. The molecule has 0 bridgehead atoms. The average molecular weight is 447 g/mol. The summed E-state index contributed by atoms with van der Waals surface area (Å²) in [6.07, 6.45) is 1.49. The van der Waals surface area contributed by atoms with Gasteiger partial charge in [-0.05, 0) is 31.9 Å². The molecule has 30 heavy (non-hydrogen) atoms. The third-order valence-electron chi connectivity index (χ3n) is 5.40. The fourth-order valence-electron chi connectivity index (χ4n) is 3.80. The lowest BCUT2D eigenvalue weighted by atomic mass is 10.0. The van der Waals surface area contributed by atoms with E-state index in [1.165, 1.54) is 28.7 Å². The molecule has 3 aromatic rings. The van der Waals surface area contributed by atoms with Gasteiger partial charge in [0.15, 0.2) is 10.3 Å². The minimum absolute atomic E-state index is 0.0985. The summed E-state index contributed by atoms with van der Waals surface area (Å²) in [5.74, 6) is -1.19. The number of esters is 1. The highest BCUT2D eigenvalue weighted by atomic mass is 32.1. The Morgan fingerprint density at radius 1 is 1.30 bits per heavy atom. The van der Waals surface area contributed by atoms with Gasteiger partial charge in [-0.2, -0.15) is 0 Å². The van der Waals surface area contributed by atoms with Crippen molar-refractivity contribution in [3.8, 4) is 0 Å². The van der Waals surface area contributed by atoms with Crippen molar-refractivity contribution in [2.45, 2.75) is 25.7 Å². The molecule has 156 valence electrons. The summed E-state index contributed by atoms with van der Waals surface area (Å²) in [5.41, 5.74) is 1.11.